The average molecular weight is 342 g/mol. The van der Waals surface area contributed by atoms with Gasteiger partial charge in [-0.2, -0.15) is 0 Å². The molecular weight excluding hydrogens is 324 g/mol. The molecule has 0 spiro atoms. The Hall–Kier alpha value is -3.22. The van der Waals surface area contributed by atoms with Crippen molar-refractivity contribution < 1.29 is 23.8 Å². The van der Waals surface area contributed by atoms with E-state index in [1.165, 1.54) is 0 Å². The number of amides is 2. The number of carbonyl (C=O) groups is 2. The largest absolute Gasteiger partial charge is 0.494 e. The average Bonchev–Trinajstić information content (AvgIpc) is 2.66. The molecule has 2 aromatic rings. The number of nitrogens with one attached hydrogen (secondary N) is 2. The van der Waals surface area contributed by atoms with Crippen molar-refractivity contribution in [1.82, 2.24) is 10.9 Å². The molecule has 1 aliphatic rings. The number of carbonyl (C=O) groups excluding carboxylic acids is 2. The van der Waals surface area contributed by atoms with E-state index >= 15 is 0 Å². The zero-order valence-electron chi connectivity index (χ0n) is 13.7. The lowest BCUT2D eigenvalue weighted by atomic mass is 10.2. The minimum absolute atomic E-state index is 0.0712. The summed E-state index contributed by atoms with van der Waals surface area (Å²) in [7, 11) is 0. The molecule has 0 unspecified atom stereocenters. The van der Waals surface area contributed by atoms with Gasteiger partial charge in [0, 0.05) is 5.56 Å². The van der Waals surface area contributed by atoms with Gasteiger partial charge in [-0.25, -0.2) is 0 Å². The van der Waals surface area contributed by atoms with Crippen LogP contribution < -0.4 is 25.1 Å². The number of hydrazine groups is 1. The lowest BCUT2D eigenvalue weighted by Gasteiger charge is -2.25. The fourth-order valence-electron chi connectivity index (χ4n) is 2.29. The highest BCUT2D eigenvalue weighted by atomic mass is 16.6. The van der Waals surface area contributed by atoms with Crippen LogP contribution in [0, 0.1) is 0 Å². The Balaban J connectivity index is 1.53. The van der Waals surface area contributed by atoms with Gasteiger partial charge in [-0.15, -0.1) is 0 Å². The third-order valence-corrected chi connectivity index (χ3v) is 3.53. The lowest BCUT2D eigenvalue weighted by Crippen LogP contribution is -2.50. The molecule has 25 heavy (non-hydrogen) atoms. The second-order valence-corrected chi connectivity index (χ2v) is 5.26. The molecule has 0 aliphatic carbocycles. The van der Waals surface area contributed by atoms with E-state index in [9.17, 15) is 9.59 Å². The van der Waals surface area contributed by atoms with Crippen LogP contribution in [0.15, 0.2) is 48.5 Å². The summed E-state index contributed by atoms with van der Waals surface area (Å²) in [6, 6.07) is 13.7. The number of hydrogen-bond acceptors (Lipinski definition) is 5. The van der Waals surface area contributed by atoms with Gasteiger partial charge in [-0.3, -0.25) is 20.4 Å². The van der Waals surface area contributed by atoms with Crippen LogP contribution in [0.5, 0.6) is 17.2 Å². The van der Waals surface area contributed by atoms with E-state index < -0.39 is 17.9 Å². The Bertz CT molecular complexity index is 760. The maximum Gasteiger partial charge on any atom is 0.283 e. The number of rotatable bonds is 4. The first-order chi connectivity index (χ1) is 12.2. The predicted octanol–water partition coefficient (Wildman–Crippen LogP) is 1.69. The van der Waals surface area contributed by atoms with Crippen LogP contribution in [-0.2, 0) is 4.79 Å². The lowest BCUT2D eigenvalue weighted by molar-refractivity contribution is -0.131. The van der Waals surface area contributed by atoms with Crippen LogP contribution >= 0.6 is 0 Å². The van der Waals surface area contributed by atoms with Crippen LogP contribution in [0.1, 0.15) is 17.3 Å². The van der Waals surface area contributed by atoms with E-state index in [1.807, 2.05) is 13.0 Å². The molecule has 0 bridgehead atoms. The number of para-hydroxylation sites is 2. The standard InChI is InChI=1S/C18H18N2O5/c1-2-23-13-9-7-12(8-10-13)17(21)19-20-18(22)16-11-24-14-5-3-4-6-15(14)25-16/h3-10,16H,2,11H2,1H3,(H,19,21)(H,20,22)/t16-/m0/s1. The Morgan fingerprint density at radius 1 is 1.08 bits per heavy atom. The summed E-state index contributed by atoms with van der Waals surface area (Å²) < 4.78 is 16.4. The third-order valence-electron chi connectivity index (χ3n) is 3.53. The van der Waals surface area contributed by atoms with E-state index in [0.717, 1.165) is 0 Å². The van der Waals surface area contributed by atoms with Gasteiger partial charge >= 0.3 is 0 Å². The van der Waals surface area contributed by atoms with Crippen molar-refractivity contribution in [2.24, 2.45) is 0 Å². The molecule has 2 aromatic carbocycles. The molecule has 0 saturated heterocycles. The van der Waals surface area contributed by atoms with Crippen molar-refractivity contribution >= 4 is 11.8 Å². The number of ether oxygens (including phenoxy) is 3. The molecule has 7 nitrogen and oxygen atoms in total. The molecule has 3 rings (SSSR count). The molecular formula is C18H18N2O5. The van der Waals surface area contributed by atoms with Crippen LogP contribution in [0.25, 0.3) is 0 Å². The second-order valence-electron chi connectivity index (χ2n) is 5.26. The van der Waals surface area contributed by atoms with E-state index in [1.54, 1.807) is 42.5 Å². The van der Waals surface area contributed by atoms with E-state index in [2.05, 4.69) is 10.9 Å². The van der Waals surface area contributed by atoms with Gasteiger partial charge in [0.25, 0.3) is 11.8 Å². The molecule has 2 N–H and O–H groups in total. The summed E-state index contributed by atoms with van der Waals surface area (Å²) in [5, 5.41) is 0. The summed E-state index contributed by atoms with van der Waals surface area (Å²) in [5.41, 5.74) is 5.10. The Morgan fingerprint density at radius 3 is 2.52 bits per heavy atom. The molecule has 0 aromatic heterocycles. The Morgan fingerprint density at radius 2 is 1.80 bits per heavy atom. The van der Waals surface area contributed by atoms with Gasteiger partial charge in [0.2, 0.25) is 6.10 Å². The third kappa shape index (κ3) is 4.00. The van der Waals surface area contributed by atoms with E-state index in [0.29, 0.717) is 29.4 Å². The van der Waals surface area contributed by atoms with Gasteiger partial charge in [0.1, 0.15) is 12.4 Å². The zero-order valence-corrected chi connectivity index (χ0v) is 13.7. The topological polar surface area (TPSA) is 85.9 Å². The fraction of sp³-hybridized carbons (Fsp3) is 0.222. The minimum Gasteiger partial charge on any atom is -0.494 e. The highest BCUT2D eigenvalue weighted by molar-refractivity contribution is 5.95. The van der Waals surface area contributed by atoms with Gasteiger partial charge in [0.05, 0.1) is 6.61 Å². The monoisotopic (exact) mass is 342 g/mol. The van der Waals surface area contributed by atoms with Crippen molar-refractivity contribution in [1.29, 1.82) is 0 Å². The summed E-state index contributed by atoms with van der Waals surface area (Å²) in [5.74, 6) is 0.827. The highest BCUT2D eigenvalue weighted by Crippen LogP contribution is 2.30. The smallest absolute Gasteiger partial charge is 0.283 e. The summed E-state index contributed by atoms with van der Waals surface area (Å²) in [6.45, 7) is 2.50. The van der Waals surface area contributed by atoms with E-state index in [-0.39, 0.29) is 6.61 Å². The second kappa shape index (κ2) is 7.57. The SMILES string of the molecule is CCOc1ccc(C(=O)NNC(=O)[C@@H]2COc3ccccc3O2)cc1. The molecule has 2 amide bonds. The molecule has 1 heterocycles. The van der Waals surface area contributed by atoms with Crippen molar-refractivity contribution in [2.45, 2.75) is 13.0 Å². The first-order valence-corrected chi connectivity index (χ1v) is 7.89. The Labute approximate surface area is 144 Å². The maximum atomic E-state index is 12.1. The quantitative estimate of drug-likeness (QED) is 0.826. The first-order valence-electron chi connectivity index (χ1n) is 7.89. The molecule has 1 aliphatic heterocycles. The molecule has 0 radical (unpaired) electrons. The highest BCUT2D eigenvalue weighted by Gasteiger charge is 2.27. The summed E-state index contributed by atoms with van der Waals surface area (Å²) in [6.07, 6.45) is -0.837. The van der Waals surface area contributed by atoms with Crippen molar-refractivity contribution in [3.63, 3.8) is 0 Å². The normalized spacial score (nSPS) is 15.2. The van der Waals surface area contributed by atoms with Crippen molar-refractivity contribution in [3.05, 3.63) is 54.1 Å². The minimum atomic E-state index is -0.837. The van der Waals surface area contributed by atoms with Gasteiger partial charge in [0.15, 0.2) is 11.5 Å². The van der Waals surface area contributed by atoms with Gasteiger partial charge in [-0.1, -0.05) is 12.1 Å². The van der Waals surface area contributed by atoms with Gasteiger partial charge in [-0.05, 0) is 43.3 Å². The Kier molecular flexibility index (Phi) is 5.03. The molecule has 0 saturated carbocycles. The molecule has 1 atom stereocenters. The molecule has 7 heteroatoms. The van der Waals surface area contributed by atoms with Crippen molar-refractivity contribution in [2.75, 3.05) is 13.2 Å². The van der Waals surface area contributed by atoms with E-state index in [4.69, 9.17) is 14.2 Å². The summed E-state index contributed by atoms with van der Waals surface area (Å²) >= 11 is 0. The van der Waals surface area contributed by atoms with Crippen molar-refractivity contribution in [3.8, 4) is 17.2 Å². The number of fused-ring (bicyclic) bond motifs is 1. The predicted molar refractivity (Wildman–Crippen MR) is 89.6 cm³/mol. The van der Waals surface area contributed by atoms with Crippen LogP contribution in [0.4, 0.5) is 0 Å². The van der Waals surface area contributed by atoms with Crippen LogP contribution in [0.3, 0.4) is 0 Å². The number of hydrogen-bond donors (Lipinski definition) is 2. The molecule has 0 fully saturated rings. The first kappa shape index (κ1) is 16.6. The van der Waals surface area contributed by atoms with Crippen LogP contribution in [0.2, 0.25) is 0 Å². The molecule has 130 valence electrons. The summed E-state index contributed by atoms with van der Waals surface area (Å²) in [4.78, 5) is 24.2. The number of benzene rings is 2. The zero-order chi connectivity index (χ0) is 17.6. The van der Waals surface area contributed by atoms with Crippen LogP contribution in [-0.4, -0.2) is 31.1 Å². The van der Waals surface area contributed by atoms with Gasteiger partial charge < -0.3 is 14.2 Å². The maximum absolute atomic E-state index is 12.1. The fourth-order valence-corrected chi connectivity index (χ4v) is 2.29.